The lowest BCUT2D eigenvalue weighted by Gasteiger charge is -2.12. The van der Waals surface area contributed by atoms with E-state index in [0.717, 1.165) is 5.65 Å². The normalized spacial score (nSPS) is 10.5. The summed E-state index contributed by atoms with van der Waals surface area (Å²) < 4.78 is 12.8. The number of aromatic nitrogens is 2. The van der Waals surface area contributed by atoms with Gasteiger partial charge in [-0.25, -0.2) is 9.78 Å². The molecule has 1 aromatic carbocycles. The zero-order valence-electron chi connectivity index (χ0n) is 11.2. The minimum absolute atomic E-state index is 0.128. The van der Waals surface area contributed by atoms with E-state index in [1.165, 1.54) is 19.2 Å². The fourth-order valence-electron chi connectivity index (χ4n) is 2.01. The van der Waals surface area contributed by atoms with Gasteiger partial charge in [0.1, 0.15) is 5.65 Å². The van der Waals surface area contributed by atoms with Gasteiger partial charge in [0.05, 0.1) is 12.7 Å². The van der Waals surface area contributed by atoms with E-state index in [2.05, 4.69) is 4.98 Å². The molecule has 2 heterocycles. The Bertz CT molecular complexity index is 810. The van der Waals surface area contributed by atoms with Crippen LogP contribution < -0.4 is 9.47 Å². The van der Waals surface area contributed by atoms with E-state index in [0.29, 0.717) is 17.4 Å². The van der Waals surface area contributed by atoms with Crippen molar-refractivity contribution in [2.24, 2.45) is 0 Å². The molecule has 0 saturated carbocycles. The maximum atomic E-state index is 11.1. The smallest absolute Gasteiger partial charge is 0.335 e. The van der Waals surface area contributed by atoms with Gasteiger partial charge in [0.15, 0.2) is 11.5 Å². The number of fused-ring (bicyclic) bond motifs is 1. The van der Waals surface area contributed by atoms with Crippen LogP contribution in [-0.4, -0.2) is 27.6 Å². The first-order valence-corrected chi connectivity index (χ1v) is 6.20. The summed E-state index contributed by atoms with van der Waals surface area (Å²) in [6.07, 6.45) is 3.42. The Kier molecular flexibility index (Phi) is 3.19. The lowest BCUT2D eigenvalue weighted by Crippen LogP contribution is -1.99. The summed E-state index contributed by atoms with van der Waals surface area (Å²) in [5.74, 6) is 0.282. The van der Waals surface area contributed by atoms with Crippen molar-refractivity contribution in [2.45, 2.75) is 0 Å². The number of ether oxygens (including phenoxy) is 2. The molecule has 1 N–H and O–H groups in total. The predicted molar refractivity (Wildman–Crippen MR) is 75.2 cm³/mol. The molecular weight excluding hydrogens is 272 g/mol. The van der Waals surface area contributed by atoms with Gasteiger partial charge in [-0.15, -0.1) is 0 Å². The van der Waals surface area contributed by atoms with Crippen molar-refractivity contribution in [2.75, 3.05) is 7.11 Å². The molecule has 6 heteroatoms. The van der Waals surface area contributed by atoms with Crippen molar-refractivity contribution < 1.29 is 19.4 Å². The Labute approximate surface area is 120 Å². The predicted octanol–water partition coefficient (Wildman–Crippen LogP) is 2.83. The molecule has 21 heavy (non-hydrogen) atoms. The highest BCUT2D eigenvalue weighted by Crippen LogP contribution is 2.32. The minimum Gasteiger partial charge on any atom is -0.493 e. The highest BCUT2D eigenvalue weighted by atomic mass is 16.5. The molecule has 2 aromatic heterocycles. The summed E-state index contributed by atoms with van der Waals surface area (Å²) in [6.45, 7) is 0. The number of carboxylic acids is 1. The summed E-state index contributed by atoms with van der Waals surface area (Å²) in [5, 5.41) is 9.07. The molecule has 0 fully saturated rings. The van der Waals surface area contributed by atoms with Gasteiger partial charge in [-0.3, -0.25) is 4.40 Å². The monoisotopic (exact) mass is 284 g/mol. The quantitative estimate of drug-likeness (QED) is 0.797. The van der Waals surface area contributed by atoms with E-state index in [1.54, 1.807) is 28.9 Å². The van der Waals surface area contributed by atoms with Crippen molar-refractivity contribution >= 4 is 11.6 Å². The first kappa shape index (κ1) is 13.0. The molecule has 3 aromatic rings. The fraction of sp³-hybridized carbons (Fsp3) is 0.0667. The van der Waals surface area contributed by atoms with Gasteiger partial charge in [-0.1, -0.05) is 6.07 Å². The Hall–Kier alpha value is -3.02. The largest absolute Gasteiger partial charge is 0.493 e. The van der Waals surface area contributed by atoms with Crippen LogP contribution in [0.25, 0.3) is 5.65 Å². The molecule has 6 nitrogen and oxygen atoms in total. The van der Waals surface area contributed by atoms with Gasteiger partial charge in [-0.2, -0.15) is 0 Å². The number of aromatic carboxylic acids is 1. The minimum atomic E-state index is -1.02. The van der Waals surface area contributed by atoms with Crippen LogP contribution in [-0.2, 0) is 0 Å². The molecule has 0 radical (unpaired) electrons. The number of hydrogen-bond donors (Lipinski definition) is 1. The molecule has 0 aliphatic rings. The van der Waals surface area contributed by atoms with Crippen molar-refractivity contribution in [1.82, 2.24) is 9.38 Å². The molecule has 0 saturated heterocycles. The summed E-state index contributed by atoms with van der Waals surface area (Å²) in [4.78, 5) is 15.2. The molecule has 3 rings (SSSR count). The number of carbonyl (C=O) groups is 1. The lowest BCUT2D eigenvalue weighted by molar-refractivity contribution is 0.0696. The van der Waals surface area contributed by atoms with Crippen LogP contribution in [0.2, 0.25) is 0 Å². The van der Waals surface area contributed by atoms with Crippen LogP contribution >= 0.6 is 0 Å². The number of benzene rings is 1. The Morgan fingerprint density at radius 1 is 1.24 bits per heavy atom. The fourth-order valence-corrected chi connectivity index (χ4v) is 2.01. The van der Waals surface area contributed by atoms with Gasteiger partial charge < -0.3 is 14.6 Å². The molecule has 0 aliphatic heterocycles. The number of rotatable bonds is 4. The topological polar surface area (TPSA) is 73.1 Å². The number of carboxylic acid groups (broad SMARTS) is 1. The molecule has 0 spiro atoms. The van der Waals surface area contributed by atoms with Gasteiger partial charge in [0, 0.05) is 12.4 Å². The molecule has 0 amide bonds. The summed E-state index contributed by atoms with van der Waals surface area (Å²) in [7, 11) is 1.50. The van der Waals surface area contributed by atoms with E-state index < -0.39 is 5.97 Å². The average molecular weight is 284 g/mol. The van der Waals surface area contributed by atoms with Crippen LogP contribution in [0.4, 0.5) is 0 Å². The van der Waals surface area contributed by atoms with Gasteiger partial charge in [0.25, 0.3) is 0 Å². The molecule has 0 aliphatic carbocycles. The number of pyridine rings is 1. The number of hydrogen-bond acceptors (Lipinski definition) is 4. The number of nitrogens with zero attached hydrogens (tertiary/aromatic N) is 2. The SMILES string of the molecule is COc1ccc(C(=O)O)cc1Oc1cccc2nccn12. The van der Waals surface area contributed by atoms with E-state index in [9.17, 15) is 4.79 Å². The molecular formula is C15H12N2O4. The lowest BCUT2D eigenvalue weighted by atomic mass is 10.2. The van der Waals surface area contributed by atoms with E-state index in [-0.39, 0.29) is 5.56 Å². The van der Waals surface area contributed by atoms with Gasteiger partial charge in [-0.05, 0) is 30.3 Å². The second-order valence-corrected chi connectivity index (χ2v) is 4.29. The van der Waals surface area contributed by atoms with Crippen LogP contribution in [0.5, 0.6) is 17.4 Å². The van der Waals surface area contributed by atoms with Gasteiger partial charge >= 0.3 is 5.97 Å². The summed E-state index contributed by atoms with van der Waals surface area (Å²) in [6, 6.07) is 9.88. The van der Waals surface area contributed by atoms with Crippen LogP contribution in [0.1, 0.15) is 10.4 Å². The van der Waals surface area contributed by atoms with Crippen LogP contribution in [0, 0.1) is 0 Å². The third-order valence-electron chi connectivity index (χ3n) is 3.02. The maximum Gasteiger partial charge on any atom is 0.335 e. The Morgan fingerprint density at radius 3 is 2.86 bits per heavy atom. The third-order valence-corrected chi connectivity index (χ3v) is 3.02. The van der Waals surface area contributed by atoms with E-state index in [4.69, 9.17) is 14.6 Å². The van der Waals surface area contributed by atoms with Crippen LogP contribution in [0.3, 0.4) is 0 Å². The standard InChI is InChI=1S/C15H12N2O4/c1-20-11-6-5-10(15(18)19)9-12(11)21-14-4-2-3-13-16-7-8-17(13)14/h2-9H,1H3,(H,18,19). The first-order chi connectivity index (χ1) is 10.2. The molecule has 0 unspecified atom stereocenters. The Morgan fingerprint density at radius 2 is 2.10 bits per heavy atom. The summed E-state index contributed by atoms with van der Waals surface area (Å²) in [5.41, 5.74) is 0.865. The van der Waals surface area contributed by atoms with E-state index >= 15 is 0 Å². The molecule has 106 valence electrons. The van der Waals surface area contributed by atoms with Crippen LogP contribution in [0.15, 0.2) is 48.8 Å². The van der Waals surface area contributed by atoms with Crippen molar-refractivity contribution in [3.8, 4) is 17.4 Å². The first-order valence-electron chi connectivity index (χ1n) is 6.20. The highest BCUT2D eigenvalue weighted by molar-refractivity contribution is 5.88. The van der Waals surface area contributed by atoms with Crippen molar-refractivity contribution in [3.05, 3.63) is 54.4 Å². The van der Waals surface area contributed by atoms with Gasteiger partial charge in [0.2, 0.25) is 5.88 Å². The zero-order chi connectivity index (χ0) is 14.8. The molecule has 0 bridgehead atoms. The number of imidazole rings is 1. The zero-order valence-corrected chi connectivity index (χ0v) is 11.2. The van der Waals surface area contributed by atoms with E-state index in [1.807, 2.05) is 12.1 Å². The van der Waals surface area contributed by atoms with Crippen molar-refractivity contribution in [3.63, 3.8) is 0 Å². The number of methoxy groups -OCH3 is 1. The van der Waals surface area contributed by atoms with Crippen molar-refractivity contribution in [1.29, 1.82) is 0 Å². The third kappa shape index (κ3) is 2.38. The average Bonchev–Trinajstić information content (AvgIpc) is 2.96. The second kappa shape index (κ2) is 5.16. The Balaban J connectivity index is 2.06. The summed E-state index contributed by atoms with van der Waals surface area (Å²) >= 11 is 0. The highest BCUT2D eigenvalue weighted by Gasteiger charge is 2.12. The maximum absolute atomic E-state index is 11.1. The molecule has 0 atom stereocenters. The second-order valence-electron chi connectivity index (χ2n) is 4.29.